The molecular formula is C21H22N4O6S2. The molecular weight excluding hydrogens is 468 g/mol. The Balaban J connectivity index is 0.000000245. The van der Waals surface area contributed by atoms with Gasteiger partial charge in [0.05, 0.1) is 9.79 Å². The van der Waals surface area contributed by atoms with E-state index in [4.69, 9.17) is 11.5 Å². The molecule has 3 aromatic rings. The van der Waals surface area contributed by atoms with E-state index in [-0.39, 0.29) is 15.4 Å². The van der Waals surface area contributed by atoms with Crippen molar-refractivity contribution < 1.29 is 26.4 Å². The molecule has 0 aromatic heterocycles. The predicted molar refractivity (Wildman–Crippen MR) is 124 cm³/mol. The summed E-state index contributed by atoms with van der Waals surface area (Å²) in [4.78, 5) is 22.4. The predicted octanol–water partition coefficient (Wildman–Crippen LogP) is 1.48. The minimum Gasteiger partial charge on any atom is -0.399 e. The highest BCUT2D eigenvalue weighted by Gasteiger charge is 2.18. The lowest BCUT2D eigenvalue weighted by Gasteiger charge is -2.07. The van der Waals surface area contributed by atoms with Crippen molar-refractivity contribution in [1.29, 1.82) is 0 Å². The van der Waals surface area contributed by atoms with Crippen LogP contribution in [0.25, 0.3) is 0 Å². The number of nitrogen functional groups attached to an aromatic ring is 2. The lowest BCUT2D eigenvalue weighted by molar-refractivity contribution is -0.117. The number of nitrogens with two attached hydrogens (primary N) is 2. The van der Waals surface area contributed by atoms with Gasteiger partial charge in [-0.15, -0.1) is 0 Å². The second-order valence-electron chi connectivity index (χ2n) is 6.60. The normalized spacial score (nSPS) is 10.9. The van der Waals surface area contributed by atoms with E-state index in [1.165, 1.54) is 60.7 Å². The van der Waals surface area contributed by atoms with E-state index in [9.17, 15) is 26.4 Å². The molecule has 0 bridgehead atoms. The van der Waals surface area contributed by atoms with Crippen molar-refractivity contribution in [2.24, 2.45) is 0 Å². The van der Waals surface area contributed by atoms with E-state index in [0.29, 0.717) is 11.4 Å². The van der Waals surface area contributed by atoms with Crippen molar-refractivity contribution in [2.45, 2.75) is 16.7 Å². The molecule has 0 aliphatic heterocycles. The van der Waals surface area contributed by atoms with Gasteiger partial charge in [-0.2, -0.15) is 0 Å². The molecule has 0 radical (unpaired) electrons. The molecule has 10 nitrogen and oxygen atoms in total. The van der Waals surface area contributed by atoms with Gasteiger partial charge in [0.15, 0.2) is 0 Å². The molecule has 3 aromatic carbocycles. The highest BCUT2D eigenvalue weighted by Crippen LogP contribution is 2.12. The Morgan fingerprint density at radius 3 is 1.42 bits per heavy atom. The first-order valence-corrected chi connectivity index (χ1v) is 12.2. The number of nitrogens with one attached hydrogen (secondary N) is 2. The third kappa shape index (κ3) is 7.63. The molecule has 0 unspecified atom stereocenters. The van der Waals surface area contributed by atoms with E-state index in [1.54, 1.807) is 18.2 Å². The van der Waals surface area contributed by atoms with Crippen LogP contribution in [0.3, 0.4) is 0 Å². The molecule has 0 spiro atoms. The van der Waals surface area contributed by atoms with E-state index < -0.39 is 31.9 Å². The maximum absolute atomic E-state index is 12.0. The molecule has 12 heteroatoms. The van der Waals surface area contributed by atoms with E-state index in [1.807, 2.05) is 9.44 Å². The molecule has 33 heavy (non-hydrogen) atoms. The van der Waals surface area contributed by atoms with Gasteiger partial charge in [0.2, 0.25) is 5.91 Å². The van der Waals surface area contributed by atoms with Gasteiger partial charge in [-0.1, -0.05) is 18.2 Å². The van der Waals surface area contributed by atoms with Crippen molar-refractivity contribution in [3.05, 3.63) is 84.4 Å². The van der Waals surface area contributed by atoms with Crippen LogP contribution in [0, 0.1) is 0 Å². The number of carbonyl (C=O) groups excluding carboxylic acids is 2. The number of rotatable bonds is 5. The molecule has 0 saturated carbocycles. The van der Waals surface area contributed by atoms with Crippen molar-refractivity contribution in [1.82, 2.24) is 9.44 Å². The molecule has 0 atom stereocenters. The van der Waals surface area contributed by atoms with Gasteiger partial charge in [-0.05, 0) is 60.7 Å². The number of carbonyl (C=O) groups is 2. The molecule has 3 rings (SSSR count). The number of sulfonamides is 2. The second kappa shape index (κ2) is 10.6. The Labute approximate surface area is 191 Å². The quantitative estimate of drug-likeness (QED) is 0.388. The average Bonchev–Trinajstić information content (AvgIpc) is 2.74. The largest absolute Gasteiger partial charge is 0.399 e. The highest BCUT2D eigenvalue weighted by molar-refractivity contribution is 7.90. The lowest BCUT2D eigenvalue weighted by Crippen LogP contribution is -2.30. The maximum Gasteiger partial charge on any atom is 0.264 e. The van der Waals surface area contributed by atoms with E-state index >= 15 is 0 Å². The fourth-order valence-electron chi connectivity index (χ4n) is 2.37. The SMILES string of the molecule is CC(=O)NS(=O)(=O)c1ccc(N)cc1.Nc1ccc(S(=O)(=O)NC(=O)c2ccccc2)cc1. The number of amides is 2. The van der Waals surface area contributed by atoms with Gasteiger partial charge in [-0.25, -0.2) is 26.3 Å². The molecule has 0 heterocycles. The van der Waals surface area contributed by atoms with Crippen molar-refractivity contribution in [2.75, 3.05) is 11.5 Å². The third-order valence-corrected chi connectivity index (χ3v) is 6.72. The number of anilines is 2. The van der Waals surface area contributed by atoms with Crippen molar-refractivity contribution >= 4 is 43.2 Å². The van der Waals surface area contributed by atoms with Crippen LogP contribution in [-0.2, 0) is 24.8 Å². The minimum atomic E-state index is -3.88. The summed E-state index contributed by atoms with van der Waals surface area (Å²) >= 11 is 0. The smallest absolute Gasteiger partial charge is 0.264 e. The first kappa shape index (κ1) is 25.4. The number of benzene rings is 3. The second-order valence-corrected chi connectivity index (χ2v) is 9.97. The minimum absolute atomic E-state index is 0.00835. The van der Waals surface area contributed by atoms with Crippen LogP contribution in [0.15, 0.2) is 88.7 Å². The fraction of sp³-hybridized carbons (Fsp3) is 0.0476. The maximum atomic E-state index is 12.0. The average molecular weight is 491 g/mol. The van der Waals surface area contributed by atoms with E-state index in [0.717, 1.165) is 6.92 Å². The van der Waals surface area contributed by atoms with Gasteiger partial charge in [0, 0.05) is 23.9 Å². The zero-order valence-electron chi connectivity index (χ0n) is 17.4. The van der Waals surface area contributed by atoms with Crippen LogP contribution in [0.2, 0.25) is 0 Å². The molecule has 174 valence electrons. The van der Waals surface area contributed by atoms with Crippen LogP contribution in [0.4, 0.5) is 11.4 Å². The summed E-state index contributed by atoms with van der Waals surface area (Å²) in [6, 6.07) is 19.3. The summed E-state index contributed by atoms with van der Waals surface area (Å²) in [6.07, 6.45) is 0. The molecule has 0 fully saturated rings. The summed E-state index contributed by atoms with van der Waals surface area (Å²) in [7, 11) is -7.61. The summed E-state index contributed by atoms with van der Waals surface area (Å²) in [6.45, 7) is 1.13. The highest BCUT2D eigenvalue weighted by atomic mass is 32.2. The Kier molecular flexibility index (Phi) is 8.16. The zero-order chi connectivity index (χ0) is 24.6. The summed E-state index contributed by atoms with van der Waals surface area (Å²) in [5.41, 5.74) is 12.1. The molecule has 6 N–H and O–H groups in total. The van der Waals surface area contributed by atoms with E-state index in [2.05, 4.69) is 0 Å². The third-order valence-electron chi connectivity index (χ3n) is 3.92. The first-order valence-electron chi connectivity index (χ1n) is 9.27. The standard InChI is InChI=1S/C13H12N2O3S.C8H10N2O3S/c14-11-6-8-12(9-7-11)19(17,18)15-13(16)10-4-2-1-3-5-10;1-6(11)10-14(12,13)8-4-2-7(9)3-5-8/h1-9H,14H2,(H,15,16);2-5H,9H2,1H3,(H,10,11). The van der Waals surface area contributed by atoms with Gasteiger partial charge < -0.3 is 11.5 Å². The van der Waals surface area contributed by atoms with Crippen LogP contribution in [-0.4, -0.2) is 28.6 Å². The molecule has 0 saturated heterocycles. The van der Waals surface area contributed by atoms with Crippen molar-refractivity contribution in [3.63, 3.8) is 0 Å². The van der Waals surface area contributed by atoms with Gasteiger partial charge in [0.1, 0.15) is 0 Å². The Hall–Kier alpha value is -3.90. The van der Waals surface area contributed by atoms with Gasteiger partial charge >= 0.3 is 0 Å². The summed E-state index contributed by atoms with van der Waals surface area (Å²) < 4.78 is 50.5. The zero-order valence-corrected chi connectivity index (χ0v) is 19.1. The molecule has 0 aliphatic rings. The summed E-state index contributed by atoms with van der Waals surface area (Å²) in [5.74, 6) is -1.29. The molecule has 2 amide bonds. The van der Waals surface area contributed by atoms with Crippen LogP contribution in [0.1, 0.15) is 17.3 Å². The number of hydrogen-bond acceptors (Lipinski definition) is 8. The van der Waals surface area contributed by atoms with Gasteiger partial charge in [0.25, 0.3) is 26.0 Å². The van der Waals surface area contributed by atoms with Crippen LogP contribution in [0.5, 0.6) is 0 Å². The Morgan fingerprint density at radius 1 is 0.636 bits per heavy atom. The summed E-state index contributed by atoms with van der Waals surface area (Å²) in [5, 5.41) is 0. The molecule has 0 aliphatic carbocycles. The lowest BCUT2D eigenvalue weighted by atomic mass is 10.2. The Bertz CT molecular complexity index is 1320. The number of hydrogen-bond donors (Lipinski definition) is 4. The van der Waals surface area contributed by atoms with Crippen LogP contribution < -0.4 is 20.9 Å². The topological polar surface area (TPSA) is 179 Å². The van der Waals surface area contributed by atoms with Gasteiger partial charge in [-0.3, -0.25) is 9.59 Å². The van der Waals surface area contributed by atoms with Crippen LogP contribution >= 0.6 is 0 Å². The first-order chi connectivity index (χ1) is 15.4. The van der Waals surface area contributed by atoms with Crippen molar-refractivity contribution in [3.8, 4) is 0 Å². The fourth-order valence-corrected chi connectivity index (χ4v) is 4.34. The Morgan fingerprint density at radius 2 is 1.03 bits per heavy atom. The monoisotopic (exact) mass is 490 g/mol.